The highest BCUT2D eigenvalue weighted by Crippen LogP contribution is 2.05. The van der Waals surface area contributed by atoms with Gasteiger partial charge in [-0.1, -0.05) is 0 Å². The Balaban J connectivity index is 3.24. The van der Waals surface area contributed by atoms with Gasteiger partial charge < -0.3 is 9.47 Å². The predicted molar refractivity (Wildman–Crippen MR) is 51.8 cm³/mol. The minimum absolute atomic E-state index is 0.140. The van der Waals surface area contributed by atoms with Crippen molar-refractivity contribution in [2.75, 3.05) is 19.8 Å². The fraction of sp³-hybridized carbons (Fsp3) is 0.889. The number of halogens is 1. The Morgan fingerprint density at radius 2 is 2.00 bits per heavy atom. The average molecular weight is 206 g/mol. The van der Waals surface area contributed by atoms with Gasteiger partial charge in [0.1, 0.15) is 5.38 Å². The largest absolute Gasteiger partial charge is 0.376 e. The highest BCUT2D eigenvalue weighted by Gasteiger charge is 2.09. The van der Waals surface area contributed by atoms with Crippen LogP contribution in [-0.4, -0.2) is 30.8 Å². The van der Waals surface area contributed by atoms with E-state index < -0.39 is 5.38 Å². The van der Waals surface area contributed by atoms with Gasteiger partial charge in [0.25, 0.3) is 0 Å². The summed E-state index contributed by atoms with van der Waals surface area (Å²) in [5, 5.41) is 7.77. The van der Waals surface area contributed by atoms with Gasteiger partial charge in [-0.05, 0) is 20.8 Å². The third-order valence-corrected chi connectivity index (χ3v) is 1.39. The molecule has 0 radical (unpaired) electrons. The van der Waals surface area contributed by atoms with E-state index in [2.05, 4.69) is 0 Å². The topological polar surface area (TPSA) is 42.2 Å². The molecule has 0 aliphatic heterocycles. The highest BCUT2D eigenvalue weighted by molar-refractivity contribution is 6.22. The fourth-order valence-corrected chi connectivity index (χ4v) is 0.720. The minimum Gasteiger partial charge on any atom is -0.376 e. The van der Waals surface area contributed by atoms with Gasteiger partial charge in [0.2, 0.25) is 0 Å². The van der Waals surface area contributed by atoms with Crippen molar-refractivity contribution < 1.29 is 9.47 Å². The second kappa shape index (κ2) is 6.20. The minimum atomic E-state index is -0.561. The maximum Gasteiger partial charge on any atom is 0.143 e. The molecule has 0 saturated heterocycles. The number of nitriles is 1. The number of hydrogen-bond acceptors (Lipinski definition) is 3. The number of hydrogen-bond donors (Lipinski definition) is 0. The third kappa shape index (κ3) is 9.62. The lowest BCUT2D eigenvalue weighted by atomic mass is 10.2. The monoisotopic (exact) mass is 205 g/mol. The third-order valence-electron chi connectivity index (χ3n) is 1.17. The van der Waals surface area contributed by atoms with E-state index in [1.807, 2.05) is 26.8 Å². The summed E-state index contributed by atoms with van der Waals surface area (Å²) >= 11 is 5.51. The molecule has 0 amide bonds. The Hall–Kier alpha value is -0.300. The number of alkyl halides is 1. The first-order valence-corrected chi connectivity index (χ1v) is 4.65. The van der Waals surface area contributed by atoms with Crippen LogP contribution in [0.2, 0.25) is 0 Å². The Kier molecular flexibility index (Phi) is 6.06. The first kappa shape index (κ1) is 12.7. The van der Waals surface area contributed by atoms with E-state index in [1.165, 1.54) is 0 Å². The van der Waals surface area contributed by atoms with Crippen molar-refractivity contribution in [3.05, 3.63) is 0 Å². The first-order valence-electron chi connectivity index (χ1n) is 4.21. The van der Waals surface area contributed by atoms with Crippen LogP contribution in [0, 0.1) is 11.3 Å². The van der Waals surface area contributed by atoms with Gasteiger partial charge in [0.15, 0.2) is 0 Å². The van der Waals surface area contributed by atoms with Crippen LogP contribution in [0.4, 0.5) is 0 Å². The van der Waals surface area contributed by atoms with Crippen LogP contribution in [0.1, 0.15) is 20.8 Å². The summed E-state index contributed by atoms with van der Waals surface area (Å²) < 4.78 is 10.5. The van der Waals surface area contributed by atoms with E-state index >= 15 is 0 Å². The summed E-state index contributed by atoms with van der Waals surface area (Å²) in [7, 11) is 0. The first-order chi connectivity index (χ1) is 5.95. The van der Waals surface area contributed by atoms with Crippen LogP contribution in [0.5, 0.6) is 0 Å². The Morgan fingerprint density at radius 3 is 2.46 bits per heavy atom. The van der Waals surface area contributed by atoms with Gasteiger partial charge in [-0.2, -0.15) is 5.26 Å². The molecule has 76 valence electrons. The normalized spacial score (nSPS) is 13.8. The molecule has 0 aromatic rings. The second-order valence-corrected chi connectivity index (χ2v) is 4.16. The number of nitrogens with zero attached hydrogens (tertiary/aromatic N) is 1. The molecule has 0 aromatic heterocycles. The van der Waals surface area contributed by atoms with Crippen LogP contribution < -0.4 is 0 Å². The molecule has 0 spiro atoms. The summed E-state index contributed by atoms with van der Waals surface area (Å²) in [6.07, 6.45) is 0. The lowest BCUT2D eigenvalue weighted by molar-refractivity contribution is -0.0338. The molecule has 0 fully saturated rings. The van der Waals surface area contributed by atoms with Gasteiger partial charge in [-0.3, -0.25) is 0 Å². The molecule has 0 rings (SSSR count). The van der Waals surface area contributed by atoms with Crippen LogP contribution in [0.15, 0.2) is 0 Å². The van der Waals surface area contributed by atoms with Crippen molar-refractivity contribution in [2.24, 2.45) is 0 Å². The van der Waals surface area contributed by atoms with Crippen molar-refractivity contribution >= 4 is 11.6 Å². The lowest BCUT2D eigenvalue weighted by Gasteiger charge is -2.19. The van der Waals surface area contributed by atoms with E-state index in [1.54, 1.807) is 0 Å². The zero-order valence-electron chi connectivity index (χ0n) is 8.34. The molecule has 0 aliphatic carbocycles. The molecular formula is C9H16ClNO2. The summed E-state index contributed by atoms with van der Waals surface area (Å²) in [4.78, 5) is 0. The molecule has 0 heterocycles. The standard InChI is InChI=1S/C9H16ClNO2/c1-9(2,3)13-5-4-12-7-8(10)6-11/h8H,4-5,7H2,1-3H3. The molecule has 1 atom stereocenters. The molecule has 0 N–H and O–H groups in total. The van der Waals surface area contributed by atoms with E-state index in [-0.39, 0.29) is 12.2 Å². The smallest absolute Gasteiger partial charge is 0.143 e. The molecular weight excluding hydrogens is 190 g/mol. The molecule has 1 unspecified atom stereocenters. The quantitative estimate of drug-likeness (QED) is 0.509. The van der Waals surface area contributed by atoms with Crippen molar-refractivity contribution in [1.82, 2.24) is 0 Å². The zero-order chi connectivity index (χ0) is 10.3. The van der Waals surface area contributed by atoms with Gasteiger partial charge >= 0.3 is 0 Å². The van der Waals surface area contributed by atoms with E-state index in [4.69, 9.17) is 26.3 Å². The van der Waals surface area contributed by atoms with Gasteiger partial charge in [0.05, 0.1) is 31.5 Å². The number of rotatable bonds is 5. The molecule has 0 bridgehead atoms. The van der Waals surface area contributed by atoms with Crippen LogP contribution >= 0.6 is 11.6 Å². The van der Waals surface area contributed by atoms with Crippen molar-refractivity contribution in [3.8, 4) is 6.07 Å². The molecule has 0 aliphatic rings. The Morgan fingerprint density at radius 1 is 1.38 bits per heavy atom. The predicted octanol–water partition coefficient (Wildman–Crippen LogP) is 1.95. The van der Waals surface area contributed by atoms with Crippen molar-refractivity contribution in [2.45, 2.75) is 31.7 Å². The zero-order valence-corrected chi connectivity index (χ0v) is 9.10. The van der Waals surface area contributed by atoms with Crippen LogP contribution in [0.25, 0.3) is 0 Å². The Labute approximate surface area is 84.6 Å². The van der Waals surface area contributed by atoms with E-state index in [9.17, 15) is 0 Å². The second-order valence-electron chi connectivity index (χ2n) is 3.63. The average Bonchev–Trinajstić information content (AvgIpc) is 2.01. The van der Waals surface area contributed by atoms with Gasteiger partial charge in [0, 0.05) is 0 Å². The summed E-state index contributed by atoms with van der Waals surface area (Å²) in [5.74, 6) is 0. The highest BCUT2D eigenvalue weighted by atomic mass is 35.5. The molecule has 0 aromatic carbocycles. The Bertz CT molecular complexity index is 171. The maximum absolute atomic E-state index is 8.33. The van der Waals surface area contributed by atoms with Crippen LogP contribution in [0.3, 0.4) is 0 Å². The summed E-state index contributed by atoms with van der Waals surface area (Å²) in [5.41, 5.74) is -0.140. The van der Waals surface area contributed by atoms with E-state index in [0.29, 0.717) is 13.2 Å². The van der Waals surface area contributed by atoms with Crippen LogP contribution in [-0.2, 0) is 9.47 Å². The lowest BCUT2D eigenvalue weighted by Crippen LogP contribution is -2.22. The molecule has 4 heteroatoms. The van der Waals surface area contributed by atoms with Crippen molar-refractivity contribution in [1.29, 1.82) is 5.26 Å². The fourth-order valence-electron chi connectivity index (χ4n) is 0.631. The summed E-state index contributed by atoms with van der Waals surface area (Å²) in [6.45, 7) is 7.19. The van der Waals surface area contributed by atoms with Crippen molar-refractivity contribution in [3.63, 3.8) is 0 Å². The number of ether oxygens (including phenoxy) is 2. The van der Waals surface area contributed by atoms with Gasteiger partial charge in [-0.25, -0.2) is 0 Å². The SMILES string of the molecule is CC(C)(C)OCCOCC(Cl)C#N. The molecule has 0 saturated carbocycles. The summed E-state index contributed by atoms with van der Waals surface area (Å²) in [6, 6.07) is 1.87. The molecule has 13 heavy (non-hydrogen) atoms. The molecule has 3 nitrogen and oxygen atoms in total. The maximum atomic E-state index is 8.33. The van der Waals surface area contributed by atoms with E-state index in [0.717, 1.165) is 0 Å². The van der Waals surface area contributed by atoms with Gasteiger partial charge in [-0.15, -0.1) is 11.6 Å².